The van der Waals surface area contributed by atoms with E-state index in [2.05, 4.69) is 0 Å². The number of nitro groups is 1. The maximum absolute atomic E-state index is 13.1. The third-order valence-corrected chi connectivity index (χ3v) is 4.42. The molecule has 2 aromatic rings. The third kappa shape index (κ3) is 3.78. The van der Waals surface area contributed by atoms with Crippen LogP contribution in [0.15, 0.2) is 36.4 Å². The van der Waals surface area contributed by atoms with Crippen LogP contribution in [0.3, 0.4) is 0 Å². The SMILES string of the molecule is CC(c1ccc(F)cc1)N(C)Cc1cc([N+](=O)[O-])cc2c1OCOC2. The molecule has 0 saturated heterocycles. The Morgan fingerprint density at radius 1 is 1.32 bits per heavy atom. The minimum Gasteiger partial charge on any atom is -0.467 e. The number of rotatable bonds is 5. The van der Waals surface area contributed by atoms with E-state index >= 15 is 0 Å². The molecule has 6 nitrogen and oxygen atoms in total. The van der Waals surface area contributed by atoms with E-state index in [1.807, 2.05) is 18.9 Å². The molecule has 2 aromatic carbocycles. The van der Waals surface area contributed by atoms with E-state index in [0.717, 1.165) is 11.1 Å². The largest absolute Gasteiger partial charge is 0.467 e. The van der Waals surface area contributed by atoms with Gasteiger partial charge in [0.05, 0.1) is 11.5 Å². The van der Waals surface area contributed by atoms with Gasteiger partial charge in [0.15, 0.2) is 6.79 Å². The number of benzene rings is 2. The first kappa shape index (κ1) is 17.3. The van der Waals surface area contributed by atoms with Crippen LogP contribution in [0, 0.1) is 15.9 Å². The van der Waals surface area contributed by atoms with E-state index in [4.69, 9.17) is 9.47 Å². The van der Waals surface area contributed by atoms with Crippen LogP contribution in [-0.2, 0) is 17.9 Å². The minimum absolute atomic E-state index is 0.00959. The van der Waals surface area contributed by atoms with E-state index in [1.165, 1.54) is 24.3 Å². The lowest BCUT2D eigenvalue weighted by Gasteiger charge is -2.27. The number of hydrogen-bond donors (Lipinski definition) is 0. The van der Waals surface area contributed by atoms with E-state index in [0.29, 0.717) is 24.5 Å². The van der Waals surface area contributed by atoms with Gasteiger partial charge in [-0.3, -0.25) is 15.0 Å². The fraction of sp³-hybridized carbons (Fsp3) is 0.333. The van der Waals surface area contributed by atoms with E-state index in [1.54, 1.807) is 12.1 Å². The molecule has 25 heavy (non-hydrogen) atoms. The second-order valence-corrected chi connectivity index (χ2v) is 6.10. The molecule has 1 atom stereocenters. The summed E-state index contributed by atoms with van der Waals surface area (Å²) in [6, 6.07) is 9.37. The summed E-state index contributed by atoms with van der Waals surface area (Å²) in [5.41, 5.74) is 2.40. The lowest BCUT2D eigenvalue weighted by molar-refractivity contribution is -0.385. The molecule has 0 amide bonds. The predicted molar refractivity (Wildman–Crippen MR) is 89.7 cm³/mol. The van der Waals surface area contributed by atoms with Crippen LogP contribution >= 0.6 is 0 Å². The first-order valence-corrected chi connectivity index (χ1v) is 7.92. The smallest absolute Gasteiger partial charge is 0.270 e. The van der Waals surface area contributed by atoms with Gasteiger partial charge in [-0.25, -0.2) is 4.39 Å². The van der Waals surface area contributed by atoms with Gasteiger partial charge in [0.2, 0.25) is 0 Å². The summed E-state index contributed by atoms with van der Waals surface area (Å²) in [6.45, 7) is 2.89. The van der Waals surface area contributed by atoms with Gasteiger partial charge in [-0.15, -0.1) is 0 Å². The van der Waals surface area contributed by atoms with Crippen molar-refractivity contribution in [1.29, 1.82) is 0 Å². The van der Waals surface area contributed by atoms with Crippen LogP contribution in [0.2, 0.25) is 0 Å². The summed E-state index contributed by atoms with van der Waals surface area (Å²) in [4.78, 5) is 12.8. The van der Waals surface area contributed by atoms with Crippen molar-refractivity contribution >= 4 is 5.69 Å². The predicted octanol–water partition coefficient (Wildman–Crippen LogP) is 3.79. The Kier molecular flexibility index (Phi) is 4.96. The highest BCUT2D eigenvalue weighted by atomic mass is 19.1. The minimum atomic E-state index is -0.415. The molecule has 0 N–H and O–H groups in total. The van der Waals surface area contributed by atoms with Crippen LogP contribution in [0.1, 0.15) is 29.7 Å². The van der Waals surface area contributed by atoms with Gasteiger partial charge >= 0.3 is 0 Å². The van der Waals surface area contributed by atoms with Crippen LogP contribution in [0.4, 0.5) is 10.1 Å². The van der Waals surface area contributed by atoms with Gasteiger partial charge in [-0.2, -0.15) is 0 Å². The Hall–Kier alpha value is -2.51. The van der Waals surface area contributed by atoms with Crippen LogP contribution < -0.4 is 4.74 Å². The summed E-state index contributed by atoms with van der Waals surface area (Å²) >= 11 is 0. The average Bonchev–Trinajstić information content (AvgIpc) is 2.61. The topological polar surface area (TPSA) is 64.8 Å². The quantitative estimate of drug-likeness (QED) is 0.609. The number of halogens is 1. The Balaban J connectivity index is 1.87. The van der Waals surface area contributed by atoms with Gasteiger partial charge in [0.1, 0.15) is 11.6 Å². The maximum atomic E-state index is 13.1. The molecule has 0 radical (unpaired) electrons. The van der Waals surface area contributed by atoms with Crippen molar-refractivity contribution in [2.75, 3.05) is 13.8 Å². The Morgan fingerprint density at radius 2 is 2.04 bits per heavy atom. The van der Waals surface area contributed by atoms with Crippen LogP contribution in [0.5, 0.6) is 5.75 Å². The monoisotopic (exact) mass is 346 g/mol. The van der Waals surface area contributed by atoms with Crippen molar-refractivity contribution in [2.45, 2.75) is 26.1 Å². The van der Waals surface area contributed by atoms with Crippen molar-refractivity contribution in [3.05, 3.63) is 69.0 Å². The summed E-state index contributed by atoms with van der Waals surface area (Å²) in [5.74, 6) is 0.370. The molecular formula is C18H19FN2O4. The second-order valence-electron chi connectivity index (χ2n) is 6.10. The van der Waals surface area contributed by atoms with Gasteiger partial charge in [-0.1, -0.05) is 12.1 Å². The molecule has 0 fully saturated rings. The summed E-state index contributed by atoms with van der Waals surface area (Å²) in [7, 11) is 1.92. The standard InChI is InChI=1S/C18H19FN2O4/c1-12(13-3-5-16(19)6-4-13)20(2)9-14-7-17(21(22)23)8-15-10-24-11-25-18(14)15/h3-8,12H,9-11H2,1-2H3. The Morgan fingerprint density at radius 3 is 2.72 bits per heavy atom. The second kappa shape index (κ2) is 7.16. The molecule has 0 saturated carbocycles. The number of ether oxygens (including phenoxy) is 2. The first-order chi connectivity index (χ1) is 12.0. The lowest BCUT2D eigenvalue weighted by atomic mass is 10.0. The molecule has 3 rings (SSSR count). The molecule has 0 aliphatic carbocycles. The molecule has 1 aliphatic heterocycles. The van der Waals surface area contributed by atoms with Crippen molar-refractivity contribution in [2.24, 2.45) is 0 Å². The molecule has 1 unspecified atom stereocenters. The zero-order valence-corrected chi connectivity index (χ0v) is 14.1. The molecule has 0 bridgehead atoms. The zero-order valence-electron chi connectivity index (χ0n) is 14.1. The zero-order chi connectivity index (χ0) is 18.0. The highest BCUT2D eigenvalue weighted by Gasteiger charge is 2.23. The Labute approximate surface area is 144 Å². The fourth-order valence-electron chi connectivity index (χ4n) is 2.91. The fourth-order valence-corrected chi connectivity index (χ4v) is 2.91. The maximum Gasteiger partial charge on any atom is 0.270 e. The number of hydrogen-bond acceptors (Lipinski definition) is 5. The summed E-state index contributed by atoms with van der Waals surface area (Å²) in [6.07, 6.45) is 0. The summed E-state index contributed by atoms with van der Waals surface area (Å²) in [5, 5.41) is 11.2. The summed E-state index contributed by atoms with van der Waals surface area (Å²) < 4.78 is 23.9. The molecule has 7 heteroatoms. The van der Waals surface area contributed by atoms with Gasteiger partial charge in [0.25, 0.3) is 5.69 Å². The van der Waals surface area contributed by atoms with Gasteiger partial charge in [-0.05, 0) is 31.7 Å². The highest BCUT2D eigenvalue weighted by Crippen LogP contribution is 2.34. The van der Waals surface area contributed by atoms with Gasteiger partial charge < -0.3 is 9.47 Å². The van der Waals surface area contributed by atoms with E-state index in [9.17, 15) is 14.5 Å². The van der Waals surface area contributed by atoms with E-state index < -0.39 is 4.92 Å². The van der Waals surface area contributed by atoms with Crippen LogP contribution in [-0.4, -0.2) is 23.7 Å². The van der Waals surface area contributed by atoms with E-state index in [-0.39, 0.29) is 24.3 Å². The lowest BCUT2D eigenvalue weighted by Crippen LogP contribution is -2.23. The van der Waals surface area contributed by atoms with Crippen molar-refractivity contribution in [1.82, 2.24) is 4.90 Å². The highest BCUT2D eigenvalue weighted by molar-refractivity contribution is 5.50. The van der Waals surface area contributed by atoms with Crippen molar-refractivity contribution in [3.63, 3.8) is 0 Å². The van der Waals surface area contributed by atoms with Gasteiger partial charge in [0, 0.05) is 35.8 Å². The number of nitro benzene ring substituents is 1. The number of nitrogens with zero attached hydrogens (tertiary/aromatic N) is 2. The molecular weight excluding hydrogens is 327 g/mol. The molecule has 0 aromatic heterocycles. The average molecular weight is 346 g/mol. The molecule has 0 spiro atoms. The van der Waals surface area contributed by atoms with Crippen molar-refractivity contribution < 1.29 is 18.8 Å². The normalized spacial score (nSPS) is 14.7. The van der Waals surface area contributed by atoms with Crippen molar-refractivity contribution in [3.8, 4) is 5.75 Å². The molecule has 132 valence electrons. The van der Waals surface area contributed by atoms with Crippen LogP contribution in [0.25, 0.3) is 0 Å². The number of fused-ring (bicyclic) bond motifs is 1. The third-order valence-electron chi connectivity index (χ3n) is 4.42. The molecule has 1 heterocycles. The first-order valence-electron chi connectivity index (χ1n) is 7.92. The number of non-ortho nitro benzene ring substituents is 1. The Bertz CT molecular complexity index is 779. The molecule has 1 aliphatic rings.